The molecule has 1 aromatic heterocycles. The van der Waals surface area contributed by atoms with Gasteiger partial charge in [-0.1, -0.05) is 61.7 Å². The van der Waals surface area contributed by atoms with E-state index in [4.69, 9.17) is 0 Å². The van der Waals surface area contributed by atoms with Crippen LogP contribution in [0.4, 0.5) is 4.39 Å². The maximum absolute atomic E-state index is 14.2. The van der Waals surface area contributed by atoms with Gasteiger partial charge in [0.25, 0.3) is 0 Å². The van der Waals surface area contributed by atoms with Crippen molar-refractivity contribution < 1.29 is 14.3 Å². The highest BCUT2D eigenvalue weighted by molar-refractivity contribution is 5.73. The summed E-state index contributed by atoms with van der Waals surface area (Å²) in [5.41, 5.74) is 3.38. The summed E-state index contributed by atoms with van der Waals surface area (Å²) >= 11 is 0. The van der Waals surface area contributed by atoms with E-state index in [2.05, 4.69) is 49.8 Å². The quantitative estimate of drug-likeness (QED) is 0.360. The molecule has 3 atom stereocenters. The predicted octanol–water partition coefficient (Wildman–Crippen LogP) is 5.61. The zero-order chi connectivity index (χ0) is 27.5. The van der Waals surface area contributed by atoms with Gasteiger partial charge in [0, 0.05) is 57.3 Å². The molecule has 0 radical (unpaired) electrons. The lowest BCUT2D eigenvalue weighted by molar-refractivity contribution is -0.144. The second-order valence-corrected chi connectivity index (χ2v) is 12.3. The Morgan fingerprint density at radius 2 is 1.82 bits per heavy atom. The normalized spacial score (nSPS) is 23.7. The maximum Gasteiger partial charge on any atom is 0.320 e. The third-order valence-electron chi connectivity index (χ3n) is 9.61. The Morgan fingerprint density at radius 3 is 2.52 bits per heavy atom. The van der Waals surface area contributed by atoms with Gasteiger partial charge in [0.2, 0.25) is 0 Å². The van der Waals surface area contributed by atoms with Gasteiger partial charge in [-0.15, -0.1) is 0 Å². The first-order chi connectivity index (χ1) is 19.5. The molecule has 3 aliphatic rings. The Kier molecular flexibility index (Phi) is 8.30. The summed E-state index contributed by atoms with van der Waals surface area (Å²) in [6.07, 6.45) is 11.4. The molecule has 212 valence electrons. The topological polar surface area (TPSA) is 61.6 Å². The number of likely N-dealkylation sites (tertiary alicyclic amines) is 2. The standard InChI is InChI=1S/C33H41FN4O2/c34-28-11-5-10-26(18-28)31-22-37(32(33(39)40)17-25-8-4-9-25)20-27(31)19-36-14-12-30(13-15-36)38-21-29(35-23-38)16-24-6-2-1-3-7-24/h1-3,5-7,10-11,18,21,23,25,27,30-32H,4,8-9,12-17,19-20,22H2,(H,39,40)/t27-,31+,32+/m0/s1. The number of rotatable bonds is 10. The first-order valence-electron chi connectivity index (χ1n) is 15.0. The number of carboxylic acid groups (broad SMARTS) is 1. The van der Waals surface area contributed by atoms with E-state index in [0.29, 0.717) is 18.5 Å². The molecular formula is C33H41FN4O2. The number of halogens is 1. The first kappa shape index (κ1) is 27.2. The fraction of sp³-hybridized carbons (Fsp3) is 0.515. The van der Waals surface area contributed by atoms with Crippen molar-refractivity contribution in [1.29, 1.82) is 0 Å². The molecule has 2 aliphatic heterocycles. The Labute approximate surface area is 236 Å². The number of imidazole rings is 1. The fourth-order valence-electron chi connectivity index (χ4n) is 7.12. The maximum atomic E-state index is 14.2. The van der Waals surface area contributed by atoms with E-state index >= 15 is 0 Å². The van der Waals surface area contributed by atoms with Crippen molar-refractivity contribution in [3.63, 3.8) is 0 Å². The molecule has 3 heterocycles. The summed E-state index contributed by atoms with van der Waals surface area (Å²) in [6, 6.07) is 17.4. The van der Waals surface area contributed by atoms with Crippen molar-refractivity contribution in [3.8, 4) is 0 Å². The molecule has 7 heteroatoms. The number of aromatic nitrogens is 2. The summed E-state index contributed by atoms with van der Waals surface area (Å²) < 4.78 is 16.5. The summed E-state index contributed by atoms with van der Waals surface area (Å²) in [4.78, 5) is 21.7. The van der Waals surface area contributed by atoms with Gasteiger partial charge in [-0.2, -0.15) is 0 Å². The Hall–Kier alpha value is -3.03. The molecule has 6 nitrogen and oxygen atoms in total. The second kappa shape index (κ2) is 12.2. The predicted molar refractivity (Wildman–Crippen MR) is 154 cm³/mol. The van der Waals surface area contributed by atoms with E-state index in [1.165, 1.54) is 18.1 Å². The minimum atomic E-state index is -0.710. The van der Waals surface area contributed by atoms with Gasteiger partial charge < -0.3 is 14.6 Å². The van der Waals surface area contributed by atoms with Crippen LogP contribution < -0.4 is 0 Å². The van der Waals surface area contributed by atoms with Crippen LogP contribution in [-0.4, -0.2) is 69.2 Å². The molecule has 6 rings (SSSR count). The van der Waals surface area contributed by atoms with Gasteiger partial charge in [-0.25, -0.2) is 9.37 Å². The monoisotopic (exact) mass is 544 g/mol. The highest BCUT2D eigenvalue weighted by atomic mass is 19.1. The van der Waals surface area contributed by atoms with Gasteiger partial charge in [-0.05, 0) is 54.4 Å². The molecule has 1 aliphatic carbocycles. The first-order valence-corrected chi connectivity index (χ1v) is 15.0. The minimum absolute atomic E-state index is 0.144. The smallest absolute Gasteiger partial charge is 0.320 e. The molecule has 0 bridgehead atoms. The van der Waals surface area contributed by atoms with E-state index in [-0.39, 0.29) is 17.7 Å². The van der Waals surface area contributed by atoms with Gasteiger partial charge in [0.15, 0.2) is 0 Å². The number of hydrogen-bond acceptors (Lipinski definition) is 4. The number of hydrogen-bond donors (Lipinski definition) is 1. The van der Waals surface area contributed by atoms with Crippen LogP contribution >= 0.6 is 0 Å². The lowest BCUT2D eigenvalue weighted by Crippen LogP contribution is -2.43. The molecule has 1 N–H and O–H groups in total. The van der Waals surface area contributed by atoms with Crippen molar-refractivity contribution in [2.75, 3.05) is 32.7 Å². The van der Waals surface area contributed by atoms with Crippen molar-refractivity contribution >= 4 is 5.97 Å². The molecule has 2 saturated heterocycles. The average molecular weight is 545 g/mol. The summed E-state index contributed by atoms with van der Waals surface area (Å²) in [6.45, 7) is 4.38. The summed E-state index contributed by atoms with van der Waals surface area (Å²) in [5.74, 6) is 0.0337. The van der Waals surface area contributed by atoms with Crippen LogP contribution in [0.25, 0.3) is 0 Å². The largest absolute Gasteiger partial charge is 0.480 e. The van der Waals surface area contributed by atoms with Gasteiger partial charge in [-0.3, -0.25) is 9.69 Å². The van der Waals surface area contributed by atoms with E-state index < -0.39 is 12.0 Å². The Morgan fingerprint density at radius 1 is 1.02 bits per heavy atom. The van der Waals surface area contributed by atoms with Gasteiger partial charge in [0.1, 0.15) is 11.9 Å². The van der Waals surface area contributed by atoms with Crippen LogP contribution in [0.5, 0.6) is 0 Å². The molecule has 2 aromatic carbocycles. The molecule has 0 unspecified atom stereocenters. The van der Waals surface area contributed by atoms with Crippen molar-refractivity contribution in [2.24, 2.45) is 11.8 Å². The van der Waals surface area contributed by atoms with Crippen LogP contribution in [0, 0.1) is 17.7 Å². The lowest BCUT2D eigenvalue weighted by atomic mass is 9.80. The number of aliphatic carboxylic acids is 1. The van der Waals surface area contributed by atoms with Gasteiger partial charge in [0.05, 0.1) is 12.0 Å². The highest BCUT2D eigenvalue weighted by Crippen LogP contribution is 2.38. The van der Waals surface area contributed by atoms with Crippen LogP contribution in [0.2, 0.25) is 0 Å². The van der Waals surface area contributed by atoms with Crippen LogP contribution in [0.1, 0.15) is 67.3 Å². The third kappa shape index (κ3) is 6.31. The zero-order valence-electron chi connectivity index (χ0n) is 23.2. The van der Waals surface area contributed by atoms with Crippen molar-refractivity contribution in [3.05, 3.63) is 89.8 Å². The minimum Gasteiger partial charge on any atom is -0.480 e. The van der Waals surface area contributed by atoms with E-state index in [0.717, 1.165) is 76.0 Å². The number of nitrogens with zero attached hydrogens (tertiary/aromatic N) is 4. The lowest BCUT2D eigenvalue weighted by Gasteiger charge is -2.35. The summed E-state index contributed by atoms with van der Waals surface area (Å²) in [5, 5.41) is 10.1. The van der Waals surface area contributed by atoms with E-state index in [1.807, 2.05) is 18.5 Å². The molecule has 3 aromatic rings. The molecular weight excluding hydrogens is 503 g/mol. The molecule has 3 fully saturated rings. The van der Waals surface area contributed by atoms with Crippen molar-refractivity contribution in [2.45, 2.75) is 62.9 Å². The molecule has 0 amide bonds. The Bertz CT molecular complexity index is 1270. The van der Waals surface area contributed by atoms with Crippen LogP contribution in [0.3, 0.4) is 0 Å². The number of benzene rings is 2. The molecule has 40 heavy (non-hydrogen) atoms. The van der Waals surface area contributed by atoms with Gasteiger partial charge >= 0.3 is 5.97 Å². The fourth-order valence-corrected chi connectivity index (χ4v) is 7.12. The van der Waals surface area contributed by atoms with E-state index in [1.54, 1.807) is 12.1 Å². The summed E-state index contributed by atoms with van der Waals surface area (Å²) in [7, 11) is 0. The highest BCUT2D eigenvalue weighted by Gasteiger charge is 2.41. The molecule has 0 spiro atoms. The van der Waals surface area contributed by atoms with Crippen LogP contribution in [-0.2, 0) is 11.2 Å². The van der Waals surface area contributed by atoms with E-state index in [9.17, 15) is 14.3 Å². The SMILES string of the molecule is O=C(O)[C@@H](CC1CCC1)N1C[C@H](CN2CCC(n3cnc(Cc4ccccc4)c3)CC2)[C@@H](c2cccc(F)c2)C1. The third-order valence-corrected chi connectivity index (χ3v) is 9.61. The molecule has 1 saturated carbocycles. The second-order valence-electron chi connectivity index (χ2n) is 12.3. The zero-order valence-corrected chi connectivity index (χ0v) is 23.2. The number of carboxylic acids is 1. The number of carbonyl (C=O) groups is 1. The van der Waals surface area contributed by atoms with Crippen LogP contribution in [0.15, 0.2) is 67.1 Å². The van der Waals surface area contributed by atoms with Crippen molar-refractivity contribution in [1.82, 2.24) is 19.4 Å². The Balaban J connectivity index is 1.09. The average Bonchev–Trinajstić information content (AvgIpc) is 3.56. The number of piperidine rings is 1.